The molecule has 1 aliphatic heterocycles. The van der Waals surface area contributed by atoms with Gasteiger partial charge in [0, 0.05) is 11.1 Å². The first-order valence-corrected chi connectivity index (χ1v) is 18.8. The van der Waals surface area contributed by atoms with Gasteiger partial charge >= 0.3 is 0 Å². The second kappa shape index (κ2) is 11.7. The molecule has 0 amide bonds. The molecule has 0 saturated carbocycles. The van der Waals surface area contributed by atoms with Gasteiger partial charge in [-0.2, -0.15) is 0 Å². The van der Waals surface area contributed by atoms with Crippen LogP contribution in [0.1, 0.15) is 18.1 Å². The molecule has 10 rings (SSSR count). The molecule has 238 valence electrons. The third-order valence-electron chi connectivity index (χ3n) is 10.1. The minimum absolute atomic E-state index is 0.206. The van der Waals surface area contributed by atoms with E-state index in [4.69, 9.17) is 9.98 Å². The zero-order chi connectivity index (χ0) is 33.3. The Hall–Kier alpha value is -5.29. The smallest absolute Gasteiger partial charge is 0.124 e. The predicted molar refractivity (Wildman–Crippen MR) is 218 cm³/mol. The van der Waals surface area contributed by atoms with Crippen molar-refractivity contribution in [2.45, 2.75) is 25.1 Å². The Morgan fingerprint density at radius 1 is 0.580 bits per heavy atom. The van der Waals surface area contributed by atoms with Crippen molar-refractivity contribution < 1.29 is 0 Å². The summed E-state index contributed by atoms with van der Waals surface area (Å²) in [5.74, 6) is 0. The van der Waals surface area contributed by atoms with Crippen LogP contribution < -0.4 is 0 Å². The van der Waals surface area contributed by atoms with E-state index in [-0.39, 0.29) is 6.04 Å². The fraction of sp³-hybridized carbons (Fsp3) is 0.0870. The Kier molecular flexibility index (Phi) is 6.90. The molecule has 0 spiro atoms. The lowest BCUT2D eigenvalue weighted by molar-refractivity contribution is 0.854. The van der Waals surface area contributed by atoms with Crippen LogP contribution >= 0.6 is 23.1 Å². The summed E-state index contributed by atoms with van der Waals surface area (Å²) < 4.78 is 1.23. The summed E-state index contributed by atoms with van der Waals surface area (Å²) in [4.78, 5) is 10.2. The summed E-state index contributed by atoms with van der Waals surface area (Å²) in [6.07, 6.45) is 6.80. The summed E-state index contributed by atoms with van der Waals surface area (Å²) in [6.45, 7) is 4.32. The van der Waals surface area contributed by atoms with Crippen molar-refractivity contribution in [3.63, 3.8) is 0 Å². The fourth-order valence-electron chi connectivity index (χ4n) is 7.69. The van der Waals surface area contributed by atoms with Crippen molar-refractivity contribution in [3.8, 4) is 32.8 Å². The third kappa shape index (κ3) is 4.93. The van der Waals surface area contributed by atoms with Crippen LogP contribution in [0.4, 0.5) is 0 Å². The van der Waals surface area contributed by atoms with Crippen molar-refractivity contribution in [1.82, 2.24) is 4.98 Å². The molecule has 1 aliphatic carbocycles. The molecule has 0 fully saturated rings. The van der Waals surface area contributed by atoms with Crippen LogP contribution in [0, 0.1) is 6.92 Å². The molecule has 1 aromatic heterocycles. The van der Waals surface area contributed by atoms with Crippen LogP contribution in [0.15, 0.2) is 156 Å². The van der Waals surface area contributed by atoms with Gasteiger partial charge in [-0.25, -0.2) is 4.98 Å². The number of fused-ring (bicyclic) bond motifs is 5. The van der Waals surface area contributed by atoms with Crippen molar-refractivity contribution >= 4 is 70.7 Å². The largest absolute Gasteiger partial charge is 0.269 e. The number of aromatic nitrogens is 1. The van der Waals surface area contributed by atoms with E-state index in [1.165, 1.54) is 76.0 Å². The normalized spacial score (nSPS) is 17.1. The molecule has 2 atom stereocenters. The quantitative estimate of drug-likeness (QED) is 0.173. The molecular weight excluding hydrogens is 645 g/mol. The lowest BCUT2D eigenvalue weighted by Gasteiger charge is -2.19. The number of aryl methyl sites for hydroxylation is 1. The molecule has 50 heavy (non-hydrogen) atoms. The monoisotopic (exact) mass is 676 g/mol. The van der Waals surface area contributed by atoms with E-state index in [1.807, 2.05) is 11.8 Å². The molecule has 2 nitrogen and oxygen atoms in total. The number of nitrogens with zero attached hydrogens (tertiary/aromatic N) is 2. The summed E-state index contributed by atoms with van der Waals surface area (Å²) in [7, 11) is 0. The van der Waals surface area contributed by atoms with Gasteiger partial charge in [0.05, 0.1) is 26.6 Å². The number of hydrogen-bond acceptors (Lipinski definition) is 4. The zero-order valence-corrected chi connectivity index (χ0v) is 29.4. The van der Waals surface area contributed by atoms with Crippen molar-refractivity contribution in [2.24, 2.45) is 4.99 Å². The number of thiazole rings is 1. The maximum Gasteiger partial charge on any atom is 0.124 e. The van der Waals surface area contributed by atoms with E-state index in [2.05, 4.69) is 159 Å². The molecule has 0 N–H and O–H groups in total. The van der Waals surface area contributed by atoms with Crippen LogP contribution in [0.2, 0.25) is 0 Å². The van der Waals surface area contributed by atoms with E-state index >= 15 is 0 Å². The number of aliphatic imine (C=N–C) groups is 1. The SMILES string of the molecule is CC1=CC2SC(c3cccc(-c4c5ccccc5c(-c5cccc(-c6nc7ccc(C)cc7s6)c5)c5cc6ccccc6cc45)c3)=NC2C=C1. The lowest BCUT2D eigenvalue weighted by Crippen LogP contribution is -2.15. The van der Waals surface area contributed by atoms with Crippen LogP contribution in [0.5, 0.6) is 0 Å². The molecule has 2 unspecified atom stereocenters. The second-order valence-corrected chi connectivity index (χ2v) is 15.7. The first-order chi connectivity index (χ1) is 24.6. The van der Waals surface area contributed by atoms with Gasteiger partial charge in [-0.3, -0.25) is 4.99 Å². The number of allylic oxidation sites excluding steroid dienone is 2. The van der Waals surface area contributed by atoms with E-state index in [9.17, 15) is 0 Å². The third-order valence-corrected chi connectivity index (χ3v) is 12.4. The molecular formula is C46H32N2S2. The highest BCUT2D eigenvalue weighted by Crippen LogP contribution is 2.46. The Morgan fingerprint density at radius 3 is 1.94 bits per heavy atom. The van der Waals surface area contributed by atoms with Gasteiger partial charge in [0.25, 0.3) is 0 Å². The van der Waals surface area contributed by atoms with Crippen molar-refractivity contribution in [2.75, 3.05) is 0 Å². The Balaban J connectivity index is 1.20. The fourth-order valence-corrected chi connectivity index (χ4v) is 10.0. The summed E-state index contributed by atoms with van der Waals surface area (Å²) >= 11 is 3.65. The molecule has 0 saturated heterocycles. The van der Waals surface area contributed by atoms with E-state index in [0.717, 1.165) is 21.1 Å². The molecule has 0 bridgehead atoms. The van der Waals surface area contributed by atoms with Crippen LogP contribution in [0.25, 0.3) is 75.4 Å². The van der Waals surface area contributed by atoms with Crippen LogP contribution in [-0.2, 0) is 0 Å². The van der Waals surface area contributed by atoms with E-state index in [0.29, 0.717) is 5.25 Å². The molecule has 2 heterocycles. The topological polar surface area (TPSA) is 25.2 Å². The highest BCUT2D eigenvalue weighted by Gasteiger charge is 2.29. The highest BCUT2D eigenvalue weighted by molar-refractivity contribution is 8.15. The number of benzene rings is 7. The maximum absolute atomic E-state index is 5.16. The Morgan fingerprint density at radius 2 is 1.22 bits per heavy atom. The molecule has 2 aliphatic rings. The second-order valence-electron chi connectivity index (χ2n) is 13.5. The lowest BCUT2D eigenvalue weighted by atomic mass is 9.84. The average molecular weight is 677 g/mol. The molecule has 0 radical (unpaired) electrons. The standard InChI is InChI=1S/C46H32N2S2/c1-27-17-19-39-41(21-27)49-45(47-39)33-13-7-11-31(23-33)43-35-15-5-6-16-36(35)44(38-26-30-10-4-3-9-29(30)25-37(38)43)32-12-8-14-34(24-32)46-48-40-20-18-28(2)22-42(40)50-46/h3-26,39,41H,1-2H3. The minimum atomic E-state index is 0.206. The van der Waals surface area contributed by atoms with Crippen LogP contribution in [0.3, 0.4) is 0 Å². The molecule has 7 aromatic carbocycles. The zero-order valence-electron chi connectivity index (χ0n) is 27.7. The van der Waals surface area contributed by atoms with Crippen LogP contribution in [-0.4, -0.2) is 21.3 Å². The van der Waals surface area contributed by atoms with Gasteiger partial charge in [-0.15, -0.1) is 11.3 Å². The van der Waals surface area contributed by atoms with Gasteiger partial charge in [0.1, 0.15) is 5.01 Å². The van der Waals surface area contributed by atoms with E-state index < -0.39 is 0 Å². The number of hydrogen-bond donors (Lipinski definition) is 0. The van der Waals surface area contributed by atoms with Gasteiger partial charge in [0.2, 0.25) is 0 Å². The van der Waals surface area contributed by atoms with Gasteiger partial charge in [-0.05, 0) is 110 Å². The van der Waals surface area contributed by atoms with Gasteiger partial charge < -0.3 is 0 Å². The molecule has 4 heteroatoms. The van der Waals surface area contributed by atoms with E-state index in [1.54, 1.807) is 11.3 Å². The maximum atomic E-state index is 5.16. The van der Waals surface area contributed by atoms with Gasteiger partial charge in [-0.1, -0.05) is 127 Å². The highest BCUT2D eigenvalue weighted by atomic mass is 32.2. The minimum Gasteiger partial charge on any atom is -0.269 e. The summed E-state index contributed by atoms with van der Waals surface area (Å²) in [6, 6.07) is 47.2. The summed E-state index contributed by atoms with van der Waals surface area (Å²) in [5.41, 5.74) is 10.9. The van der Waals surface area contributed by atoms with Crippen molar-refractivity contribution in [3.05, 3.63) is 162 Å². The average Bonchev–Trinajstić information content (AvgIpc) is 3.77. The first kappa shape index (κ1) is 29.6. The summed E-state index contributed by atoms with van der Waals surface area (Å²) in [5, 5.41) is 10.0. The van der Waals surface area contributed by atoms with Crippen molar-refractivity contribution in [1.29, 1.82) is 0 Å². The first-order valence-electron chi connectivity index (χ1n) is 17.1. The molecule has 8 aromatic rings. The number of thioether (sulfide) groups is 1. The van der Waals surface area contributed by atoms with Gasteiger partial charge in [0.15, 0.2) is 0 Å². The Bertz CT molecular complexity index is 2780. The number of rotatable bonds is 4. The Labute approximate surface area is 299 Å². The predicted octanol–water partition coefficient (Wildman–Crippen LogP) is 12.8.